The number of fused-ring (bicyclic) bond motifs is 2. The van der Waals surface area contributed by atoms with Crippen molar-refractivity contribution < 1.29 is 19.1 Å². The van der Waals surface area contributed by atoms with Crippen molar-refractivity contribution in [2.75, 3.05) is 20.7 Å². The first-order valence-electron chi connectivity index (χ1n) is 8.30. The average Bonchev–Trinajstić information content (AvgIpc) is 3.12. The highest BCUT2D eigenvalue weighted by Crippen LogP contribution is 2.46. The second kappa shape index (κ2) is 5.84. The fourth-order valence-corrected chi connectivity index (χ4v) is 3.92. The van der Waals surface area contributed by atoms with Crippen LogP contribution in [0.1, 0.15) is 26.7 Å². The molecule has 2 aliphatic carbocycles. The first-order chi connectivity index (χ1) is 11.3. The van der Waals surface area contributed by atoms with E-state index in [-0.39, 0.29) is 29.6 Å². The Morgan fingerprint density at radius 1 is 1.42 bits per heavy atom. The van der Waals surface area contributed by atoms with Gasteiger partial charge in [-0.3, -0.25) is 14.4 Å². The van der Waals surface area contributed by atoms with Gasteiger partial charge in [0, 0.05) is 32.2 Å². The standard InChI is InChI=1S/C18H24N2O4/c1-10-14(24-4)8-13-15(10)17(23)20(3)7-5-6-12-9-18(12,11(2)21)19-16(13)22/h5-6,12-14H,7-9H2,1-4H3,(H,19,22)/b6-5-. The minimum absolute atomic E-state index is 0.00806. The molecule has 6 nitrogen and oxygen atoms in total. The summed E-state index contributed by atoms with van der Waals surface area (Å²) in [4.78, 5) is 39.4. The van der Waals surface area contributed by atoms with Gasteiger partial charge in [-0.05, 0) is 32.3 Å². The van der Waals surface area contributed by atoms with Crippen molar-refractivity contribution in [1.82, 2.24) is 10.2 Å². The molecule has 1 heterocycles. The van der Waals surface area contributed by atoms with Crippen LogP contribution in [-0.2, 0) is 19.1 Å². The molecule has 0 spiro atoms. The number of carbonyl (C=O) groups excluding carboxylic acids is 3. The van der Waals surface area contributed by atoms with Gasteiger partial charge in [0.1, 0.15) is 5.54 Å². The Kier molecular flexibility index (Phi) is 4.11. The van der Waals surface area contributed by atoms with Crippen LogP contribution in [0.5, 0.6) is 0 Å². The largest absolute Gasteiger partial charge is 0.377 e. The first kappa shape index (κ1) is 16.9. The lowest BCUT2D eigenvalue weighted by atomic mass is 9.97. The molecule has 1 N–H and O–H groups in total. The van der Waals surface area contributed by atoms with Crippen molar-refractivity contribution in [3.05, 3.63) is 23.3 Å². The van der Waals surface area contributed by atoms with E-state index in [9.17, 15) is 14.4 Å². The second-order valence-electron chi connectivity index (χ2n) is 7.05. The molecule has 0 aromatic carbocycles. The number of hydrogen-bond donors (Lipinski definition) is 1. The SMILES string of the molecule is COC1CC2C(=O)NC3(C(C)=O)CC3/C=C\CN(C)C(=O)C2=C1C. The van der Waals surface area contributed by atoms with E-state index < -0.39 is 11.5 Å². The number of nitrogens with one attached hydrogen (secondary N) is 1. The zero-order valence-corrected chi connectivity index (χ0v) is 14.6. The van der Waals surface area contributed by atoms with Crippen LogP contribution >= 0.6 is 0 Å². The predicted molar refractivity (Wildman–Crippen MR) is 88.0 cm³/mol. The van der Waals surface area contributed by atoms with Crippen molar-refractivity contribution in [1.29, 1.82) is 0 Å². The van der Waals surface area contributed by atoms with Gasteiger partial charge >= 0.3 is 0 Å². The van der Waals surface area contributed by atoms with Gasteiger partial charge in [-0.25, -0.2) is 0 Å². The highest BCUT2D eigenvalue weighted by molar-refractivity contribution is 6.04. The van der Waals surface area contributed by atoms with E-state index in [1.54, 1.807) is 19.1 Å². The normalized spacial score (nSPS) is 37.3. The molecule has 1 fully saturated rings. The second-order valence-corrected chi connectivity index (χ2v) is 7.05. The van der Waals surface area contributed by atoms with E-state index in [1.165, 1.54) is 6.92 Å². The maximum absolute atomic E-state index is 12.9. The summed E-state index contributed by atoms with van der Waals surface area (Å²) < 4.78 is 5.44. The topological polar surface area (TPSA) is 75.7 Å². The van der Waals surface area contributed by atoms with Crippen LogP contribution < -0.4 is 5.32 Å². The third kappa shape index (κ3) is 2.49. The maximum atomic E-state index is 12.9. The van der Waals surface area contributed by atoms with Gasteiger partial charge < -0.3 is 15.0 Å². The van der Waals surface area contributed by atoms with Gasteiger partial charge in [0.15, 0.2) is 5.78 Å². The number of hydrogen-bond acceptors (Lipinski definition) is 4. The third-order valence-electron chi connectivity index (χ3n) is 5.62. The van der Waals surface area contributed by atoms with Crippen LogP contribution in [0, 0.1) is 11.8 Å². The highest BCUT2D eigenvalue weighted by atomic mass is 16.5. The van der Waals surface area contributed by atoms with Crippen LogP contribution in [0.15, 0.2) is 23.3 Å². The smallest absolute Gasteiger partial charge is 0.250 e. The minimum atomic E-state index is -0.802. The highest BCUT2D eigenvalue weighted by Gasteiger charge is 2.58. The lowest BCUT2D eigenvalue weighted by Gasteiger charge is -2.22. The molecule has 130 valence electrons. The molecule has 1 aliphatic heterocycles. The maximum Gasteiger partial charge on any atom is 0.250 e. The van der Waals surface area contributed by atoms with Gasteiger partial charge in [0.2, 0.25) is 5.91 Å². The molecule has 6 heteroatoms. The lowest BCUT2D eigenvalue weighted by Crippen LogP contribution is -2.47. The summed E-state index contributed by atoms with van der Waals surface area (Å²) in [6, 6.07) is 0. The number of ether oxygens (including phenoxy) is 1. The molecule has 3 rings (SSSR count). The van der Waals surface area contributed by atoms with Crippen LogP contribution in [0.3, 0.4) is 0 Å². The molecular weight excluding hydrogens is 308 g/mol. The minimum Gasteiger partial charge on any atom is -0.377 e. The monoisotopic (exact) mass is 332 g/mol. The quantitative estimate of drug-likeness (QED) is 0.760. The summed E-state index contributed by atoms with van der Waals surface area (Å²) in [7, 11) is 3.31. The van der Waals surface area contributed by atoms with Gasteiger partial charge in [-0.1, -0.05) is 12.2 Å². The fraction of sp³-hybridized carbons (Fsp3) is 0.611. The summed E-state index contributed by atoms with van der Waals surface area (Å²) in [5.74, 6) is -0.995. The Balaban J connectivity index is 2.01. The van der Waals surface area contributed by atoms with Crippen molar-refractivity contribution in [2.24, 2.45) is 11.8 Å². The Morgan fingerprint density at radius 2 is 2.12 bits per heavy atom. The lowest BCUT2D eigenvalue weighted by molar-refractivity contribution is -0.132. The number of rotatable bonds is 2. The molecule has 0 aromatic heterocycles. The van der Waals surface area contributed by atoms with Gasteiger partial charge in [0.25, 0.3) is 5.91 Å². The van der Waals surface area contributed by atoms with E-state index in [0.29, 0.717) is 25.0 Å². The van der Waals surface area contributed by atoms with E-state index in [4.69, 9.17) is 4.74 Å². The van der Waals surface area contributed by atoms with Crippen molar-refractivity contribution in [2.45, 2.75) is 38.3 Å². The molecule has 2 amide bonds. The molecule has 4 unspecified atom stereocenters. The van der Waals surface area contributed by atoms with E-state index >= 15 is 0 Å². The van der Waals surface area contributed by atoms with Gasteiger partial charge in [-0.2, -0.15) is 0 Å². The van der Waals surface area contributed by atoms with Crippen molar-refractivity contribution in [3.63, 3.8) is 0 Å². The van der Waals surface area contributed by atoms with Crippen molar-refractivity contribution in [3.8, 4) is 0 Å². The number of amides is 2. The van der Waals surface area contributed by atoms with E-state index in [2.05, 4.69) is 5.32 Å². The number of Topliss-reactive ketones (excluding diaryl/α,β-unsaturated/α-hetero) is 1. The van der Waals surface area contributed by atoms with E-state index in [1.807, 2.05) is 19.1 Å². The number of carbonyl (C=O) groups is 3. The van der Waals surface area contributed by atoms with Crippen LogP contribution in [0.2, 0.25) is 0 Å². The molecule has 0 radical (unpaired) electrons. The summed E-state index contributed by atoms with van der Waals surface area (Å²) in [5.41, 5.74) is 0.513. The molecule has 3 aliphatic rings. The molecule has 0 bridgehead atoms. The van der Waals surface area contributed by atoms with Gasteiger partial charge in [0.05, 0.1) is 12.0 Å². The summed E-state index contributed by atoms with van der Waals surface area (Å²) in [5, 5.41) is 2.94. The number of methoxy groups -OCH3 is 1. The summed E-state index contributed by atoms with van der Waals surface area (Å²) in [6.07, 6.45) is 4.66. The predicted octanol–water partition coefficient (Wildman–Crippen LogP) is 0.830. The first-order valence-corrected chi connectivity index (χ1v) is 8.30. The fourth-order valence-electron chi connectivity index (χ4n) is 3.92. The molecular formula is C18H24N2O4. The van der Waals surface area contributed by atoms with E-state index in [0.717, 1.165) is 5.57 Å². The molecule has 0 aromatic rings. The number of likely N-dealkylation sites (N-methyl/N-ethyl adjacent to an activating group) is 1. The third-order valence-corrected chi connectivity index (χ3v) is 5.62. The summed E-state index contributed by atoms with van der Waals surface area (Å²) >= 11 is 0. The molecule has 0 saturated heterocycles. The zero-order valence-electron chi connectivity index (χ0n) is 14.6. The average molecular weight is 332 g/mol. The number of ketones is 1. The Morgan fingerprint density at radius 3 is 2.75 bits per heavy atom. The molecule has 4 atom stereocenters. The molecule has 24 heavy (non-hydrogen) atoms. The Bertz CT molecular complexity index is 666. The zero-order chi connectivity index (χ0) is 17.6. The molecule has 1 saturated carbocycles. The van der Waals surface area contributed by atoms with Gasteiger partial charge in [-0.15, -0.1) is 0 Å². The number of nitrogens with zero attached hydrogens (tertiary/aromatic N) is 1. The van der Waals surface area contributed by atoms with Crippen LogP contribution in [0.25, 0.3) is 0 Å². The summed E-state index contributed by atoms with van der Waals surface area (Å²) in [6.45, 7) is 3.82. The Labute approximate surface area is 141 Å². The van der Waals surface area contributed by atoms with Crippen molar-refractivity contribution >= 4 is 17.6 Å². The van der Waals surface area contributed by atoms with Crippen LogP contribution in [-0.4, -0.2) is 54.8 Å². The van der Waals surface area contributed by atoms with Crippen LogP contribution in [0.4, 0.5) is 0 Å². The Hall–Kier alpha value is -1.95.